The first-order valence-corrected chi connectivity index (χ1v) is 7.59. The van der Waals surface area contributed by atoms with Gasteiger partial charge in [0.15, 0.2) is 0 Å². The van der Waals surface area contributed by atoms with E-state index in [0.29, 0.717) is 5.69 Å². The summed E-state index contributed by atoms with van der Waals surface area (Å²) >= 11 is 0. The van der Waals surface area contributed by atoms with E-state index in [4.69, 9.17) is 20.5 Å². The number of rotatable bonds is 6. The van der Waals surface area contributed by atoms with E-state index in [9.17, 15) is 9.36 Å². The van der Waals surface area contributed by atoms with E-state index in [1.807, 2.05) is 0 Å². The number of aromatic nitrogens is 1. The quantitative estimate of drug-likeness (QED) is 0.613. The third kappa shape index (κ3) is 5.01. The molecule has 8 heteroatoms. The van der Waals surface area contributed by atoms with Gasteiger partial charge in [-0.15, -0.1) is 0 Å². The second-order valence-electron chi connectivity index (χ2n) is 4.10. The van der Waals surface area contributed by atoms with Gasteiger partial charge in [-0.05, 0) is 6.07 Å². The zero-order valence-electron chi connectivity index (χ0n) is 10.0. The highest BCUT2D eigenvalue weighted by Gasteiger charge is 2.16. The van der Waals surface area contributed by atoms with Crippen LogP contribution in [0.2, 0.25) is 0 Å². The fourth-order valence-corrected chi connectivity index (χ4v) is 1.79. The van der Waals surface area contributed by atoms with E-state index in [1.54, 1.807) is 6.07 Å². The molecule has 0 radical (unpaired) electrons. The summed E-state index contributed by atoms with van der Waals surface area (Å²) in [4.78, 5) is 20.6. The van der Waals surface area contributed by atoms with Crippen molar-refractivity contribution in [3.05, 3.63) is 28.7 Å². The minimum absolute atomic E-state index is 0.0929. The number of nitrogens with zero attached hydrogens (tertiary/aromatic N) is 1. The Kier molecular flexibility index (Phi) is 5.10. The zero-order valence-corrected chi connectivity index (χ0v) is 10.9. The van der Waals surface area contributed by atoms with Crippen molar-refractivity contribution >= 4 is 13.1 Å². The molecule has 0 amide bonds. The van der Waals surface area contributed by atoms with Crippen LogP contribution in [0.5, 0.6) is 0 Å². The van der Waals surface area contributed by atoms with Gasteiger partial charge in [0.25, 0.3) is 5.56 Å². The molecule has 7 nitrogen and oxygen atoms in total. The highest BCUT2D eigenvalue weighted by Crippen LogP contribution is 2.35. The van der Waals surface area contributed by atoms with Crippen LogP contribution in [0.25, 0.3) is 0 Å². The molecule has 0 saturated heterocycles. The van der Waals surface area contributed by atoms with Crippen LogP contribution in [0, 0.1) is 0 Å². The molecule has 0 spiro atoms. The smallest absolute Gasteiger partial charge is 0.252 e. The van der Waals surface area contributed by atoms with Crippen molar-refractivity contribution < 1.29 is 19.3 Å². The molecule has 1 unspecified atom stereocenters. The highest BCUT2D eigenvalue weighted by atomic mass is 31.2. The van der Waals surface area contributed by atoms with E-state index >= 15 is 0 Å². The van der Waals surface area contributed by atoms with E-state index in [-0.39, 0.29) is 25.1 Å². The first-order valence-electron chi connectivity index (χ1n) is 5.29. The van der Waals surface area contributed by atoms with Crippen LogP contribution in [-0.2, 0) is 15.8 Å². The van der Waals surface area contributed by atoms with Crippen LogP contribution in [0.4, 0.5) is 5.69 Å². The maximum Gasteiger partial charge on any atom is 0.252 e. The Bertz CT molecular complexity index is 495. The predicted molar refractivity (Wildman–Crippen MR) is 67.7 cm³/mol. The van der Waals surface area contributed by atoms with E-state index in [0.717, 1.165) is 6.66 Å². The Labute approximate surface area is 104 Å². The lowest BCUT2D eigenvalue weighted by Crippen LogP contribution is -2.30. The van der Waals surface area contributed by atoms with Crippen LogP contribution in [0.3, 0.4) is 0 Å². The molecule has 1 heterocycles. The van der Waals surface area contributed by atoms with Gasteiger partial charge in [-0.1, -0.05) is 0 Å². The van der Waals surface area contributed by atoms with Crippen molar-refractivity contribution in [2.24, 2.45) is 0 Å². The second kappa shape index (κ2) is 6.15. The largest absolute Gasteiger partial charge is 0.399 e. The molecule has 0 bridgehead atoms. The SMILES string of the molecule is CP(=O)(O)CO[C@H](CO)Cn1ccc(N)cc1=O. The lowest BCUT2D eigenvalue weighted by molar-refractivity contribution is 0.0227. The van der Waals surface area contributed by atoms with Gasteiger partial charge in [0.1, 0.15) is 6.35 Å². The van der Waals surface area contributed by atoms with Crippen LogP contribution in [0.1, 0.15) is 0 Å². The third-order valence-electron chi connectivity index (χ3n) is 2.17. The third-order valence-corrected chi connectivity index (χ3v) is 2.80. The number of ether oxygens (including phenoxy) is 1. The molecule has 1 rings (SSSR count). The number of pyridine rings is 1. The molecule has 0 fully saturated rings. The summed E-state index contributed by atoms with van der Waals surface area (Å²) in [6.45, 7) is 0.906. The molecule has 0 aliphatic heterocycles. The monoisotopic (exact) mass is 276 g/mol. The van der Waals surface area contributed by atoms with Gasteiger partial charge >= 0.3 is 0 Å². The van der Waals surface area contributed by atoms with Gasteiger partial charge < -0.3 is 25.0 Å². The fourth-order valence-electron chi connectivity index (χ4n) is 1.30. The number of anilines is 1. The van der Waals surface area contributed by atoms with E-state index in [2.05, 4.69) is 0 Å². The molecular weight excluding hydrogens is 259 g/mol. The highest BCUT2D eigenvalue weighted by molar-refractivity contribution is 7.56. The summed E-state index contributed by atoms with van der Waals surface area (Å²) in [5.74, 6) is 0. The Morgan fingerprint density at radius 2 is 2.28 bits per heavy atom. The van der Waals surface area contributed by atoms with E-state index in [1.165, 1.54) is 16.8 Å². The normalized spacial score (nSPS) is 16.2. The summed E-state index contributed by atoms with van der Waals surface area (Å²) in [6.07, 6.45) is 0.405. The predicted octanol–water partition coefficient (Wildman–Crippen LogP) is -0.334. The van der Waals surface area contributed by atoms with Gasteiger partial charge in [0.05, 0.1) is 19.3 Å². The molecule has 0 aromatic carbocycles. The van der Waals surface area contributed by atoms with Gasteiger partial charge in [-0.3, -0.25) is 9.36 Å². The van der Waals surface area contributed by atoms with E-state index < -0.39 is 13.5 Å². The Balaban J connectivity index is 2.68. The molecule has 102 valence electrons. The molecule has 0 aliphatic carbocycles. The Morgan fingerprint density at radius 3 is 2.78 bits per heavy atom. The topological polar surface area (TPSA) is 115 Å². The molecule has 18 heavy (non-hydrogen) atoms. The van der Waals surface area contributed by atoms with Crippen molar-refractivity contribution in [2.75, 3.05) is 25.4 Å². The summed E-state index contributed by atoms with van der Waals surface area (Å²) in [5.41, 5.74) is 5.48. The Hall–Kier alpha value is -1.14. The van der Waals surface area contributed by atoms with Crippen LogP contribution in [-0.4, -0.2) is 40.3 Å². The minimum Gasteiger partial charge on any atom is -0.399 e. The summed E-state index contributed by atoms with van der Waals surface area (Å²) in [7, 11) is -3.30. The number of nitrogens with two attached hydrogens (primary N) is 1. The summed E-state index contributed by atoms with van der Waals surface area (Å²) < 4.78 is 17.5. The van der Waals surface area contributed by atoms with Crippen molar-refractivity contribution in [1.82, 2.24) is 4.57 Å². The minimum atomic E-state index is -3.30. The van der Waals surface area contributed by atoms with Gasteiger partial charge in [-0.2, -0.15) is 0 Å². The molecule has 2 atom stereocenters. The van der Waals surface area contributed by atoms with Crippen molar-refractivity contribution in [3.63, 3.8) is 0 Å². The number of hydrogen-bond acceptors (Lipinski definition) is 5. The maximum atomic E-state index is 11.5. The standard InChI is InChI=1S/C10H17N2O5P/c1-18(15,16)7-17-9(6-13)5-12-3-2-8(11)4-10(12)14/h2-4,9,13H,5-7,11H2,1H3,(H,15,16)/t9-/m0/s1. The average Bonchev–Trinajstić information content (AvgIpc) is 2.25. The Morgan fingerprint density at radius 1 is 1.61 bits per heavy atom. The number of aliphatic hydroxyl groups excluding tert-OH is 1. The van der Waals surface area contributed by atoms with Crippen molar-refractivity contribution in [1.29, 1.82) is 0 Å². The average molecular weight is 276 g/mol. The summed E-state index contributed by atoms with van der Waals surface area (Å²) in [5, 5.41) is 9.09. The summed E-state index contributed by atoms with van der Waals surface area (Å²) in [6, 6.07) is 2.80. The molecule has 1 aromatic heterocycles. The number of nitrogen functional groups attached to an aromatic ring is 1. The van der Waals surface area contributed by atoms with Crippen LogP contribution >= 0.6 is 7.37 Å². The molecule has 0 aliphatic rings. The fraction of sp³-hybridized carbons (Fsp3) is 0.500. The first kappa shape index (κ1) is 14.9. The van der Waals surface area contributed by atoms with Gasteiger partial charge in [0.2, 0.25) is 7.37 Å². The van der Waals surface area contributed by atoms with Crippen molar-refractivity contribution in [3.8, 4) is 0 Å². The maximum absolute atomic E-state index is 11.5. The number of hydrogen-bond donors (Lipinski definition) is 3. The molecule has 4 N–H and O–H groups in total. The lowest BCUT2D eigenvalue weighted by Gasteiger charge is -2.17. The second-order valence-corrected chi connectivity index (χ2v) is 6.46. The first-order chi connectivity index (χ1) is 8.31. The molecule has 1 aromatic rings. The zero-order chi connectivity index (χ0) is 13.8. The number of aliphatic hydroxyl groups is 1. The van der Waals surface area contributed by atoms with Crippen LogP contribution in [0.15, 0.2) is 23.1 Å². The lowest BCUT2D eigenvalue weighted by atomic mass is 10.3. The van der Waals surface area contributed by atoms with Crippen LogP contribution < -0.4 is 11.3 Å². The van der Waals surface area contributed by atoms with Crippen molar-refractivity contribution in [2.45, 2.75) is 12.6 Å². The molecular formula is C10H17N2O5P. The molecule has 0 saturated carbocycles. The van der Waals surface area contributed by atoms with Gasteiger partial charge in [-0.25, -0.2) is 0 Å². The van der Waals surface area contributed by atoms with Gasteiger partial charge in [0, 0.05) is 24.6 Å².